The Morgan fingerprint density at radius 1 is 0.455 bits per heavy atom. The number of hydrogen-bond acceptors (Lipinski definition) is 5. The first kappa shape index (κ1) is 19.6. The van der Waals surface area contributed by atoms with Crippen molar-refractivity contribution in [2.24, 2.45) is 0 Å². The molecule has 6 heteroatoms. The van der Waals surface area contributed by atoms with Gasteiger partial charge < -0.3 is 9.47 Å². The fraction of sp³-hybridized carbons (Fsp3) is 0. The SMILES string of the molecule is Brc1ccc2c(c1)Oc1cc(-c3nc(-c4ccccc4)nc(-c4ccccc4)n3)ccc1O2. The van der Waals surface area contributed by atoms with Gasteiger partial charge in [-0.3, -0.25) is 0 Å². The van der Waals surface area contributed by atoms with E-state index in [2.05, 4.69) is 15.9 Å². The Balaban J connectivity index is 1.46. The Morgan fingerprint density at radius 3 is 1.55 bits per heavy atom. The molecule has 0 bridgehead atoms. The number of halogens is 1. The van der Waals surface area contributed by atoms with E-state index in [1.807, 2.05) is 97.1 Å². The van der Waals surface area contributed by atoms with E-state index in [0.29, 0.717) is 40.5 Å². The highest BCUT2D eigenvalue weighted by atomic mass is 79.9. The molecule has 5 nitrogen and oxygen atoms in total. The van der Waals surface area contributed by atoms with Crippen molar-refractivity contribution in [2.45, 2.75) is 0 Å². The number of nitrogens with zero attached hydrogens (tertiary/aromatic N) is 3. The Morgan fingerprint density at radius 2 is 0.939 bits per heavy atom. The van der Waals surface area contributed by atoms with E-state index in [1.165, 1.54) is 0 Å². The van der Waals surface area contributed by atoms with E-state index < -0.39 is 0 Å². The third kappa shape index (κ3) is 3.85. The van der Waals surface area contributed by atoms with Gasteiger partial charge in [-0.05, 0) is 36.4 Å². The van der Waals surface area contributed by atoms with Crippen molar-refractivity contribution < 1.29 is 9.47 Å². The fourth-order valence-corrected chi connectivity index (χ4v) is 3.97. The molecule has 0 amide bonds. The van der Waals surface area contributed by atoms with Crippen molar-refractivity contribution in [3.8, 4) is 57.2 Å². The highest BCUT2D eigenvalue weighted by molar-refractivity contribution is 9.10. The number of aromatic nitrogens is 3. The summed E-state index contributed by atoms with van der Waals surface area (Å²) in [6.45, 7) is 0. The van der Waals surface area contributed by atoms with E-state index in [9.17, 15) is 0 Å². The molecule has 0 fully saturated rings. The highest BCUT2D eigenvalue weighted by Gasteiger charge is 2.21. The van der Waals surface area contributed by atoms with Crippen LogP contribution in [0.25, 0.3) is 34.2 Å². The van der Waals surface area contributed by atoms with E-state index in [4.69, 9.17) is 24.4 Å². The van der Waals surface area contributed by atoms with E-state index in [-0.39, 0.29) is 0 Å². The Labute approximate surface area is 198 Å². The van der Waals surface area contributed by atoms with Gasteiger partial charge in [0.1, 0.15) is 0 Å². The summed E-state index contributed by atoms with van der Waals surface area (Å²) in [6.07, 6.45) is 0. The first-order chi connectivity index (χ1) is 16.2. The molecular formula is C27H16BrN3O2. The summed E-state index contributed by atoms with van der Waals surface area (Å²) in [5.74, 6) is 4.38. The molecule has 5 aromatic rings. The van der Waals surface area contributed by atoms with Gasteiger partial charge in [-0.25, -0.2) is 15.0 Å². The molecule has 4 aromatic carbocycles. The van der Waals surface area contributed by atoms with Gasteiger partial charge in [0.05, 0.1) is 0 Å². The minimum absolute atomic E-state index is 0.564. The van der Waals surface area contributed by atoms with Crippen molar-refractivity contribution in [1.29, 1.82) is 0 Å². The van der Waals surface area contributed by atoms with Crippen LogP contribution in [-0.2, 0) is 0 Å². The summed E-state index contributed by atoms with van der Waals surface area (Å²) < 4.78 is 13.1. The van der Waals surface area contributed by atoms with E-state index in [1.54, 1.807) is 0 Å². The van der Waals surface area contributed by atoms with Crippen LogP contribution in [0.5, 0.6) is 23.0 Å². The molecule has 0 radical (unpaired) electrons. The molecule has 0 spiro atoms. The standard InChI is InChI=1S/C27H16BrN3O2/c28-20-12-14-22-24(16-20)33-23-15-19(11-13-21(23)32-22)27-30-25(17-7-3-1-4-8-17)29-26(31-27)18-9-5-2-6-10-18/h1-16H. The van der Waals surface area contributed by atoms with Crippen molar-refractivity contribution in [1.82, 2.24) is 15.0 Å². The number of hydrogen-bond donors (Lipinski definition) is 0. The van der Waals surface area contributed by atoms with Crippen LogP contribution in [0.4, 0.5) is 0 Å². The molecule has 0 N–H and O–H groups in total. The second-order valence-corrected chi connectivity index (χ2v) is 8.41. The monoisotopic (exact) mass is 493 g/mol. The third-order valence-corrected chi connectivity index (χ3v) is 5.74. The van der Waals surface area contributed by atoms with Crippen LogP contribution in [0.2, 0.25) is 0 Å². The zero-order valence-corrected chi connectivity index (χ0v) is 18.9. The van der Waals surface area contributed by atoms with Gasteiger partial charge in [-0.15, -0.1) is 0 Å². The van der Waals surface area contributed by atoms with Crippen LogP contribution in [0, 0.1) is 0 Å². The molecule has 0 aliphatic carbocycles. The van der Waals surface area contributed by atoms with Crippen LogP contribution in [0.15, 0.2) is 102 Å². The van der Waals surface area contributed by atoms with Gasteiger partial charge >= 0.3 is 0 Å². The number of fused-ring (bicyclic) bond motifs is 2. The molecule has 1 aromatic heterocycles. The summed E-state index contributed by atoms with van der Waals surface area (Å²) in [5.41, 5.74) is 2.66. The normalized spacial score (nSPS) is 11.7. The highest BCUT2D eigenvalue weighted by Crippen LogP contribution is 2.47. The summed E-state index contributed by atoms with van der Waals surface area (Å²) in [5, 5.41) is 0. The lowest BCUT2D eigenvalue weighted by molar-refractivity contribution is 0.359. The molecule has 0 atom stereocenters. The third-order valence-electron chi connectivity index (χ3n) is 5.25. The minimum Gasteiger partial charge on any atom is -0.450 e. The number of benzene rings is 4. The van der Waals surface area contributed by atoms with Crippen LogP contribution in [0.3, 0.4) is 0 Å². The van der Waals surface area contributed by atoms with Crippen molar-refractivity contribution in [3.05, 3.63) is 102 Å². The average molecular weight is 494 g/mol. The lowest BCUT2D eigenvalue weighted by atomic mass is 10.1. The Hall–Kier alpha value is -4.03. The largest absolute Gasteiger partial charge is 0.450 e. The second kappa shape index (κ2) is 8.15. The van der Waals surface area contributed by atoms with Crippen LogP contribution < -0.4 is 9.47 Å². The predicted molar refractivity (Wildman–Crippen MR) is 130 cm³/mol. The Bertz CT molecular complexity index is 1420. The average Bonchev–Trinajstić information content (AvgIpc) is 2.88. The molecule has 0 saturated carbocycles. The van der Waals surface area contributed by atoms with Crippen LogP contribution in [0.1, 0.15) is 0 Å². The molecule has 6 rings (SSSR count). The van der Waals surface area contributed by atoms with E-state index in [0.717, 1.165) is 21.2 Å². The van der Waals surface area contributed by atoms with Gasteiger partial charge in [-0.1, -0.05) is 76.6 Å². The maximum atomic E-state index is 6.12. The van der Waals surface area contributed by atoms with Crippen molar-refractivity contribution in [2.75, 3.05) is 0 Å². The summed E-state index contributed by atoms with van der Waals surface area (Å²) in [7, 11) is 0. The first-order valence-electron chi connectivity index (χ1n) is 10.4. The topological polar surface area (TPSA) is 57.1 Å². The molecular weight excluding hydrogens is 478 g/mol. The zero-order chi connectivity index (χ0) is 22.2. The maximum absolute atomic E-state index is 6.12. The maximum Gasteiger partial charge on any atom is 0.171 e. The minimum atomic E-state index is 0.564. The number of rotatable bonds is 3. The number of ether oxygens (including phenoxy) is 2. The lowest BCUT2D eigenvalue weighted by Crippen LogP contribution is -2.02. The van der Waals surface area contributed by atoms with Crippen LogP contribution in [-0.4, -0.2) is 15.0 Å². The van der Waals surface area contributed by atoms with Gasteiger partial charge in [0.2, 0.25) is 0 Å². The molecule has 33 heavy (non-hydrogen) atoms. The lowest BCUT2D eigenvalue weighted by Gasteiger charge is -2.21. The quantitative estimate of drug-likeness (QED) is 0.255. The molecule has 1 aliphatic heterocycles. The van der Waals surface area contributed by atoms with Gasteiger partial charge in [-0.2, -0.15) is 0 Å². The summed E-state index contributed by atoms with van der Waals surface area (Å²) in [4.78, 5) is 14.3. The van der Waals surface area contributed by atoms with Gasteiger partial charge in [0.15, 0.2) is 40.5 Å². The molecule has 0 unspecified atom stereocenters. The fourth-order valence-electron chi connectivity index (χ4n) is 3.63. The van der Waals surface area contributed by atoms with Crippen LogP contribution >= 0.6 is 15.9 Å². The van der Waals surface area contributed by atoms with Gasteiger partial charge in [0.25, 0.3) is 0 Å². The molecule has 2 heterocycles. The molecule has 158 valence electrons. The first-order valence-corrected chi connectivity index (χ1v) is 11.2. The smallest absolute Gasteiger partial charge is 0.171 e. The Kier molecular flexibility index (Phi) is 4.85. The summed E-state index contributed by atoms with van der Waals surface area (Å²) in [6, 6.07) is 31.2. The predicted octanol–water partition coefficient (Wildman–Crippen LogP) is 7.53. The zero-order valence-electron chi connectivity index (χ0n) is 17.3. The van der Waals surface area contributed by atoms with Crippen molar-refractivity contribution in [3.63, 3.8) is 0 Å². The van der Waals surface area contributed by atoms with E-state index >= 15 is 0 Å². The molecule has 1 aliphatic rings. The van der Waals surface area contributed by atoms with Gasteiger partial charge in [0, 0.05) is 21.2 Å². The van der Waals surface area contributed by atoms with Crippen molar-refractivity contribution >= 4 is 15.9 Å². The summed E-state index contributed by atoms with van der Waals surface area (Å²) >= 11 is 3.48. The molecule has 0 saturated heterocycles. The second-order valence-electron chi connectivity index (χ2n) is 7.49.